The number of sulfonamides is 1. The number of rotatable bonds is 10. The molecule has 0 bridgehead atoms. The fraction of sp³-hybridized carbons (Fsp3) is 0.611. The Bertz CT molecular complexity index is 676. The summed E-state index contributed by atoms with van der Waals surface area (Å²) < 4.78 is 28.0. The number of unbranched alkanes of at least 4 members (excludes halogenated alkanes) is 1. The highest BCUT2D eigenvalue weighted by molar-refractivity contribution is 7.89. The fourth-order valence-electron chi connectivity index (χ4n) is 2.40. The van der Waals surface area contributed by atoms with Crippen LogP contribution >= 0.6 is 12.4 Å². The summed E-state index contributed by atoms with van der Waals surface area (Å²) in [6.07, 6.45) is 3.16. The maximum atomic E-state index is 12.7. The predicted octanol–water partition coefficient (Wildman–Crippen LogP) is 2.78. The predicted molar refractivity (Wildman–Crippen MR) is 108 cm³/mol. The summed E-state index contributed by atoms with van der Waals surface area (Å²) >= 11 is 0. The van der Waals surface area contributed by atoms with Crippen LogP contribution in [0.15, 0.2) is 29.2 Å². The molecule has 0 spiro atoms. The van der Waals surface area contributed by atoms with Crippen LogP contribution in [0, 0.1) is 0 Å². The van der Waals surface area contributed by atoms with Crippen LogP contribution in [0.25, 0.3) is 0 Å². The quantitative estimate of drug-likeness (QED) is 0.625. The van der Waals surface area contributed by atoms with Gasteiger partial charge in [0.15, 0.2) is 0 Å². The minimum Gasteiger partial charge on any atom is -0.342 e. The van der Waals surface area contributed by atoms with E-state index in [-0.39, 0.29) is 35.3 Å². The number of carbonyl (C=O) groups is 1. The molecule has 26 heavy (non-hydrogen) atoms. The number of amides is 1. The molecule has 0 atom stereocenters. The molecule has 0 fully saturated rings. The largest absolute Gasteiger partial charge is 0.342 e. The lowest BCUT2D eigenvalue weighted by atomic mass is 9.95. The van der Waals surface area contributed by atoms with Crippen molar-refractivity contribution in [3.05, 3.63) is 29.8 Å². The summed E-state index contributed by atoms with van der Waals surface area (Å²) in [5.74, 6) is -0.292. The van der Waals surface area contributed by atoms with Crippen molar-refractivity contribution in [3.8, 4) is 0 Å². The maximum Gasteiger partial charge on any atom is 0.254 e. The van der Waals surface area contributed by atoms with Crippen molar-refractivity contribution in [1.29, 1.82) is 0 Å². The van der Waals surface area contributed by atoms with Gasteiger partial charge in [-0.05, 0) is 31.4 Å². The molecule has 0 aliphatic carbocycles. The molecule has 8 heteroatoms. The lowest BCUT2D eigenvalue weighted by Crippen LogP contribution is -2.49. The summed E-state index contributed by atoms with van der Waals surface area (Å²) in [6, 6.07) is 6.30. The molecule has 0 saturated heterocycles. The van der Waals surface area contributed by atoms with Crippen molar-refractivity contribution in [2.45, 2.75) is 56.9 Å². The van der Waals surface area contributed by atoms with E-state index < -0.39 is 15.6 Å². The topological polar surface area (TPSA) is 92.5 Å². The van der Waals surface area contributed by atoms with E-state index in [0.717, 1.165) is 12.8 Å². The van der Waals surface area contributed by atoms with Gasteiger partial charge >= 0.3 is 0 Å². The second-order valence-corrected chi connectivity index (χ2v) is 8.21. The molecule has 0 aromatic heterocycles. The van der Waals surface area contributed by atoms with E-state index in [0.29, 0.717) is 19.4 Å². The van der Waals surface area contributed by atoms with Crippen LogP contribution < -0.4 is 10.5 Å². The number of benzene rings is 1. The van der Waals surface area contributed by atoms with Gasteiger partial charge in [0, 0.05) is 25.7 Å². The van der Waals surface area contributed by atoms with E-state index in [4.69, 9.17) is 5.73 Å². The van der Waals surface area contributed by atoms with Gasteiger partial charge in [-0.3, -0.25) is 4.79 Å². The fourth-order valence-corrected chi connectivity index (χ4v) is 3.73. The van der Waals surface area contributed by atoms with Crippen molar-refractivity contribution in [2.75, 3.05) is 20.1 Å². The Morgan fingerprint density at radius 3 is 2.31 bits per heavy atom. The molecule has 1 aromatic rings. The number of nitrogens with zero attached hydrogens (tertiary/aromatic N) is 1. The second kappa shape index (κ2) is 10.9. The van der Waals surface area contributed by atoms with Gasteiger partial charge in [0.1, 0.15) is 0 Å². The second-order valence-electron chi connectivity index (χ2n) is 6.47. The molecule has 0 aliphatic heterocycles. The van der Waals surface area contributed by atoms with Gasteiger partial charge < -0.3 is 10.6 Å². The van der Waals surface area contributed by atoms with Gasteiger partial charge in [-0.2, -0.15) is 0 Å². The van der Waals surface area contributed by atoms with E-state index in [1.165, 1.54) is 6.07 Å². The van der Waals surface area contributed by atoms with Crippen LogP contribution in [0.2, 0.25) is 0 Å². The molecule has 0 saturated carbocycles. The Labute approximate surface area is 164 Å². The highest BCUT2D eigenvalue weighted by Crippen LogP contribution is 2.18. The lowest BCUT2D eigenvalue weighted by molar-refractivity contribution is 0.0789. The molecule has 1 rings (SSSR count). The summed E-state index contributed by atoms with van der Waals surface area (Å²) in [4.78, 5) is 14.2. The van der Waals surface area contributed by atoms with Gasteiger partial charge in [-0.15, -0.1) is 12.4 Å². The Morgan fingerprint density at radius 1 is 1.19 bits per heavy atom. The van der Waals surface area contributed by atoms with Crippen LogP contribution in [0.3, 0.4) is 0 Å². The molecular weight excluding hydrogens is 374 g/mol. The SMILES string of the molecule is CCCCN(C)C(=O)c1ccccc1S(=O)(=O)NCC(N)(CC)CC.Cl. The Morgan fingerprint density at radius 2 is 1.77 bits per heavy atom. The molecule has 1 amide bonds. The Hall–Kier alpha value is -1.15. The molecule has 0 unspecified atom stereocenters. The summed E-state index contributed by atoms with van der Waals surface area (Å²) in [6.45, 7) is 6.63. The highest BCUT2D eigenvalue weighted by atomic mass is 35.5. The van der Waals surface area contributed by atoms with Crippen molar-refractivity contribution in [3.63, 3.8) is 0 Å². The molecule has 1 aromatic carbocycles. The standard InChI is InChI=1S/C18H31N3O3S.ClH/c1-5-8-13-21(4)17(22)15-11-9-10-12-16(15)25(23,24)20-14-18(19,6-2)7-3;/h9-12,20H,5-8,13-14,19H2,1-4H3;1H. The molecule has 150 valence electrons. The van der Waals surface area contributed by atoms with Crippen LogP contribution in [0.4, 0.5) is 0 Å². The summed E-state index contributed by atoms with van der Waals surface area (Å²) in [7, 11) is -2.13. The third-order valence-corrected chi connectivity index (χ3v) is 6.08. The molecule has 3 N–H and O–H groups in total. The number of carbonyl (C=O) groups excluding carboxylic acids is 1. The van der Waals surface area contributed by atoms with Crippen molar-refractivity contribution in [1.82, 2.24) is 9.62 Å². The number of nitrogens with two attached hydrogens (primary N) is 1. The number of hydrogen-bond donors (Lipinski definition) is 2. The monoisotopic (exact) mass is 405 g/mol. The minimum atomic E-state index is -3.82. The van der Waals surface area contributed by atoms with E-state index >= 15 is 0 Å². The van der Waals surface area contributed by atoms with Gasteiger partial charge in [-0.1, -0.05) is 39.3 Å². The average Bonchev–Trinajstić information content (AvgIpc) is 2.63. The van der Waals surface area contributed by atoms with Crippen LogP contribution in [-0.4, -0.2) is 44.9 Å². The van der Waals surface area contributed by atoms with Gasteiger partial charge in [0.25, 0.3) is 5.91 Å². The average molecular weight is 406 g/mol. The van der Waals surface area contributed by atoms with Crippen molar-refractivity contribution < 1.29 is 13.2 Å². The number of hydrogen-bond acceptors (Lipinski definition) is 4. The first-order valence-corrected chi connectivity index (χ1v) is 10.3. The molecule has 6 nitrogen and oxygen atoms in total. The zero-order chi connectivity index (χ0) is 19.1. The first kappa shape index (κ1) is 24.8. The molecule has 0 aliphatic rings. The number of nitrogens with one attached hydrogen (secondary N) is 1. The number of halogens is 1. The van der Waals surface area contributed by atoms with Gasteiger partial charge in [0.05, 0.1) is 10.5 Å². The zero-order valence-corrected chi connectivity index (χ0v) is 17.8. The van der Waals surface area contributed by atoms with Crippen LogP contribution in [0.1, 0.15) is 56.8 Å². The summed E-state index contributed by atoms with van der Waals surface area (Å²) in [5.41, 5.74) is 5.77. The van der Waals surface area contributed by atoms with E-state index in [2.05, 4.69) is 4.72 Å². The molecule has 0 radical (unpaired) electrons. The smallest absolute Gasteiger partial charge is 0.254 e. The van der Waals surface area contributed by atoms with Crippen LogP contribution in [0.5, 0.6) is 0 Å². The first-order chi connectivity index (χ1) is 11.7. The van der Waals surface area contributed by atoms with Gasteiger partial charge in [-0.25, -0.2) is 13.1 Å². The van der Waals surface area contributed by atoms with Crippen LogP contribution in [-0.2, 0) is 10.0 Å². The van der Waals surface area contributed by atoms with E-state index in [1.807, 2.05) is 20.8 Å². The third-order valence-electron chi connectivity index (χ3n) is 4.62. The molecular formula is C18H32ClN3O3S. The third kappa shape index (κ3) is 6.54. The molecule has 0 heterocycles. The first-order valence-electron chi connectivity index (χ1n) is 8.83. The summed E-state index contributed by atoms with van der Waals surface area (Å²) in [5, 5.41) is 0. The van der Waals surface area contributed by atoms with Gasteiger partial charge in [0.2, 0.25) is 10.0 Å². The van der Waals surface area contributed by atoms with Crippen molar-refractivity contribution in [2.24, 2.45) is 5.73 Å². The zero-order valence-electron chi connectivity index (χ0n) is 16.1. The maximum absolute atomic E-state index is 12.7. The minimum absolute atomic E-state index is 0. The highest BCUT2D eigenvalue weighted by Gasteiger charge is 2.27. The van der Waals surface area contributed by atoms with Crippen molar-refractivity contribution >= 4 is 28.3 Å². The Balaban J connectivity index is 0.00000625. The Kier molecular flexibility index (Phi) is 10.4. The lowest BCUT2D eigenvalue weighted by Gasteiger charge is -2.27. The normalized spacial score (nSPS) is 11.7. The van der Waals surface area contributed by atoms with E-state index in [9.17, 15) is 13.2 Å². The van der Waals surface area contributed by atoms with E-state index in [1.54, 1.807) is 30.1 Å².